The van der Waals surface area contributed by atoms with Gasteiger partial charge in [0.1, 0.15) is 5.75 Å². The fourth-order valence-electron chi connectivity index (χ4n) is 2.73. The number of benzene rings is 2. The van der Waals surface area contributed by atoms with E-state index in [-0.39, 0.29) is 11.8 Å². The van der Waals surface area contributed by atoms with Gasteiger partial charge in [0.2, 0.25) is 5.91 Å². The zero-order valence-corrected chi connectivity index (χ0v) is 15.6. The predicted molar refractivity (Wildman–Crippen MR) is 108 cm³/mol. The van der Waals surface area contributed by atoms with Crippen LogP contribution in [0.2, 0.25) is 5.02 Å². The zero-order chi connectivity index (χ0) is 19.4. The lowest BCUT2D eigenvalue weighted by molar-refractivity contribution is -0.125. The van der Waals surface area contributed by atoms with Crippen molar-refractivity contribution < 1.29 is 14.3 Å². The van der Waals surface area contributed by atoms with Gasteiger partial charge >= 0.3 is 0 Å². The molecular weight excluding hydrogens is 364 g/mol. The van der Waals surface area contributed by atoms with Gasteiger partial charge < -0.3 is 15.0 Å². The average Bonchev–Trinajstić information content (AvgIpc) is 2.65. The molecule has 5 nitrogen and oxygen atoms in total. The molecule has 2 aromatic rings. The Bertz CT molecular complexity index is 906. The van der Waals surface area contributed by atoms with Gasteiger partial charge in [0, 0.05) is 23.3 Å². The van der Waals surface area contributed by atoms with E-state index in [1.165, 1.54) is 6.08 Å². The minimum Gasteiger partial charge on any atom is -0.479 e. The molecule has 1 aliphatic heterocycles. The van der Waals surface area contributed by atoms with Gasteiger partial charge in [-0.3, -0.25) is 9.59 Å². The van der Waals surface area contributed by atoms with Crippen LogP contribution in [0, 0.1) is 0 Å². The number of fused-ring (bicyclic) bond motifs is 1. The minimum atomic E-state index is -0.555. The second kappa shape index (κ2) is 8.10. The fraction of sp³-hybridized carbons (Fsp3) is 0.143. The molecule has 0 saturated heterocycles. The Morgan fingerprint density at radius 2 is 2.04 bits per heavy atom. The molecule has 0 spiro atoms. The number of rotatable bonds is 5. The first-order chi connectivity index (χ1) is 13.0. The van der Waals surface area contributed by atoms with Crippen LogP contribution >= 0.6 is 11.6 Å². The predicted octanol–water partition coefficient (Wildman–Crippen LogP) is 4.29. The summed E-state index contributed by atoms with van der Waals surface area (Å²) in [5.41, 5.74) is 2.04. The number of carbonyl (C=O) groups excluding carboxylic acids is 2. The van der Waals surface area contributed by atoms with E-state index in [2.05, 4.69) is 11.9 Å². The summed E-state index contributed by atoms with van der Waals surface area (Å²) in [7, 11) is 0. The molecule has 0 aromatic heterocycles. The third-order valence-corrected chi connectivity index (χ3v) is 4.30. The van der Waals surface area contributed by atoms with Crippen molar-refractivity contribution in [3.63, 3.8) is 0 Å². The van der Waals surface area contributed by atoms with E-state index in [4.69, 9.17) is 16.3 Å². The van der Waals surface area contributed by atoms with E-state index in [9.17, 15) is 9.59 Å². The molecule has 6 heteroatoms. The van der Waals surface area contributed by atoms with Crippen LogP contribution in [-0.4, -0.2) is 24.5 Å². The van der Waals surface area contributed by atoms with Crippen LogP contribution in [-0.2, 0) is 9.59 Å². The molecule has 1 atom stereocenters. The lowest BCUT2D eigenvalue weighted by atomic mass is 10.1. The number of amides is 2. The van der Waals surface area contributed by atoms with Crippen LogP contribution in [0.15, 0.2) is 61.2 Å². The molecular formula is C21H19ClN2O3. The molecule has 0 saturated carbocycles. The number of anilines is 2. The Labute approximate surface area is 162 Å². The SMILES string of the molecule is C=CCN1C(=O)C(C)Oc2ccc(NC(=O)/C=C/c3ccc(Cl)cc3)cc21. The van der Waals surface area contributed by atoms with Gasteiger partial charge in [0.25, 0.3) is 5.91 Å². The Hall–Kier alpha value is -3.05. The van der Waals surface area contributed by atoms with Gasteiger partial charge in [0.05, 0.1) is 5.69 Å². The van der Waals surface area contributed by atoms with Gasteiger partial charge in [-0.1, -0.05) is 29.8 Å². The highest BCUT2D eigenvalue weighted by molar-refractivity contribution is 6.30. The molecule has 0 bridgehead atoms. The standard InChI is InChI=1S/C21H19ClN2O3/c1-3-12-24-18-13-17(9-10-19(18)27-14(2)21(24)26)23-20(25)11-6-15-4-7-16(22)8-5-15/h3-11,13-14H,1,12H2,2H3,(H,23,25)/b11-6+. The number of ether oxygens (including phenoxy) is 1. The first kappa shape index (κ1) is 18.7. The van der Waals surface area contributed by atoms with Gasteiger partial charge in [-0.2, -0.15) is 0 Å². The van der Waals surface area contributed by atoms with Gasteiger partial charge in [0.15, 0.2) is 6.10 Å². The lowest BCUT2D eigenvalue weighted by Crippen LogP contribution is -2.44. The molecule has 3 rings (SSSR count). The molecule has 2 amide bonds. The van der Waals surface area contributed by atoms with E-state index >= 15 is 0 Å². The van der Waals surface area contributed by atoms with Crippen molar-refractivity contribution in [2.45, 2.75) is 13.0 Å². The summed E-state index contributed by atoms with van der Waals surface area (Å²) in [5.74, 6) is 0.170. The van der Waals surface area contributed by atoms with Crippen molar-refractivity contribution in [3.05, 3.63) is 71.8 Å². The topological polar surface area (TPSA) is 58.6 Å². The van der Waals surface area contributed by atoms with Crippen molar-refractivity contribution in [3.8, 4) is 5.75 Å². The number of hydrogen-bond donors (Lipinski definition) is 1. The smallest absolute Gasteiger partial charge is 0.268 e. The number of hydrogen-bond acceptors (Lipinski definition) is 3. The van der Waals surface area contributed by atoms with Crippen LogP contribution in [0.3, 0.4) is 0 Å². The Kier molecular flexibility index (Phi) is 5.62. The van der Waals surface area contributed by atoms with E-state index in [1.807, 2.05) is 12.1 Å². The van der Waals surface area contributed by atoms with Crippen molar-refractivity contribution in [2.24, 2.45) is 0 Å². The maximum absolute atomic E-state index is 12.3. The molecule has 1 heterocycles. The molecule has 1 N–H and O–H groups in total. The summed E-state index contributed by atoms with van der Waals surface area (Å²) in [4.78, 5) is 26.1. The van der Waals surface area contributed by atoms with Gasteiger partial charge in [-0.05, 0) is 48.9 Å². The molecule has 138 valence electrons. The highest BCUT2D eigenvalue weighted by atomic mass is 35.5. The Morgan fingerprint density at radius 1 is 1.30 bits per heavy atom. The number of carbonyl (C=O) groups is 2. The average molecular weight is 383 g/mol. The maximum Gasteiger partial charge on any atom is 0.268 e. The summed E-state index contributed by atoms with van der Waals surface area (Å²) < 4.78 is 5.63. The first-order valence-corrected chi connectivity index (χ1v) is 8.83. The van der Waals surface area contributed by atoms with Crippen molar-refractivity contribution >= 4 is 40.9 Å². The molecule has 0 aliphatic carbocycles. The van der Waals surface area contributed by atoms with Crippen LogP contribution in [0.1, 0.15) is 12.5 Å². The van der Waals surface area contributed by atoms with E-state index in [0.717, 1.165) is 5.56 Å². The largest absolute Gasteiger partial charge is 0.479 e. The minimum absolute atomic E-state index is 0.145. The monoisotopic (exact) mass is 382 g/mol. The third-order valence-electron chi connectivity index (χ3n) is 4.04. The summed E-state index contributed by atoms with van der Waals surface area (Å²) in [6, 6.07) is 12.4. The number of nitrogens with one attached hydrogen (secondary N) is 1. The number of nitrogens with zero attached hydrogens (tertiary/aromatic N) is 1. The van der Waals surface area contributed by atoms with E-state index in [0.29, 0.717) is 28.7 Å². The fourth-order valence-corrected chi connectivity index (χ4v) is 2.86. The number of halogens is 1. The normalized spacial score (nSPS) is 16.0. The summed E-state index contributed by atoms with van der Waals surface area (Å²) >= 11 is 5.85. The van der Waals surface area contributed by atoms with Crippen molar-refractivity contribution in [1.29, 1.82) is 0 Å². The first-order valence-electron chi connectivity index (χ1n) is 8.45. The Balaban J connectivity index is 1.76. The summed E-state index contributed by atoms with van der Waals surface area (Å²) in [6.45, 7) is 5.77. The highest BCUT2D eigenvalue weighted by Gasteiger charge is 2.30. The quantitative estimate of drug-likeness (QED) is 0.619. The lowest BCUT2D eigenvalue weighted by Gasteiger charge is -2.32. The van der Waals surface area contributed by atoms with Crippen molar-refractivity contribution in [2.75, 3.05) is 16.8 Å². The molecule has 1 aliphatic rings. The van der Waals surface area contributed by atoms with Crippen LogP contribution in [0.5, 0.6) is 5.75 Å². The van der Waals surface area contributed by atoms with Gasteiger partial charge in [-0.25, -0.2) is 0 Å². The van der Waals surface area contributed by atoms with Crippen LogP contribution in [0.4, 0.5) is 11.4 Å². The Morgan fingerprint density at radius 3 is 2.74 bits per heavy atom. The molecule has 0 fully saturated rings. The van der Waals surface area contributed by atoms with E-state index < -0.39 is 6.10 Å². The van der Waals surface area contributed by atoms with Crippen LogP contribution in [0.25, 0.3) is 6.08 Å². The zero-order valence-electron chi connectivity index (χ0n) is 14.8. The summed E-state index contributed by atoms with van der Waals surface area (Å²) in [6.07, 6.45) is 4.23. The maximum atomic E-state index is 12.3. The molecule has 1 unspecified atom stereocenters. The molecule has 27 heavy (non-hydrogen) atoms. The molecule has 0 radical (unpaired) electrons. The van der Waals surface area contributed by atoms with Gasteiger partial charge in [-0.15, -0.1) is 6.58 Å². The summed E-state index contributed by atoms with van der Waals surface area (Å²) in [5, 5.41) is 3.43. The molecule has 2 aromatic carbocycles. The second-order valence-electron chi connectivity index (χ2n) is 6.05. The van der Waals surface area contributed by atoms with Crippen LogP contribution < -0.4 is 15.0 Å². The second-order valence-corrected chi connectivity index (χ2v) is 6.49. The van der Waals surface area contributed by atoms with Crippen molar-refractivity contribution in [1.82, 2.24) is 0 Å². The van der Waals surface area contributed by atoms with E-state index in [1.54, 1.807) is 54.3 Å². The highest BCUT2D eigenvalue weighted by Crippen LogP contribution is 2.36. The third kappa shape index (κ3) is 4.38.